The molecule has 0 spiro atoms. The fourth-order valence-corrected chi connectivity index (χ4v) is 2.30. The molecule has 16 heavy (non-hydrogen) atoms. The van der Waals surface area contributed by atoms with Crippen molar-refractivity contribution < 1.29 is 0 Å². The highest BCUT2D eigenvalue weighted by Crippen LogP contribution is 2.22. The van der Waals surface area contributed by atoms with Gasteiger partial charge in [0.1, 0.15) is 0 Å². The van der Waals surface area contributed by atoms with E-state index in [4.69, 9.17) is 0 Å². The van der Waals surface area contributed by atoms with Crippen molar-refractivity contribution in [2.75, 3.05) is 19.6 Å². The molecule has 1 aromatic heterocycles. The van der Waals surface area contributed by atoms with Gasteiger partial charge in [0, 0.05) is 37.3 Å². The average molecular weight is 213 g/mol. The maximum absolute atomic E-state index is 4.39. The third-order valence-corrected chi connectivity index (χ3v) is 3.10. The molecule has 1 atom stereocenters. The summed E-state index contributed by atoms with van der Waals surface area (Å²) in [7, 11) is 0. The molecule has 3 rings (SSSR count). The molecule has 1 saturated heterocycles. The number of benzene rings is 1. The molecule has 0 aliphatic carbocycles. The van der Waals surface area contributed by atoms with Crippen molar-refractivity contribution >= 4 is 10.9 Å². The van der Waals surface area contributed by atoms with Gasteiger partial charge >= 0.3 is 0 Å². The van der Waals surface area contributed by atoms with Gasteiger partial charge < -0.3 is 10.6 Å². The second-order valence-electron chi connectivity index (χ2n) is 4.13. The molecule has 82 valence electrons. The Kier molecular flexibility index (Phi) is 2.56. The van der Waals surface area contributed by atoms with Crippen molar-refractivity contribution in [2.45, 2.75) is 6.04 Å². The van der Waals surface area contributed by atoms with Crippen LogP contribution in [0.2, 0.25) is 0 Å². The number of aromatic nitrogens is 1. The monoisotopic (exact) mass is 213 g/mol. The van der Waals surface area contributed by atoms with E-state index in [-0.39, 0.29) is 0 Å². The Labute approximate surface area is 94.9 Å². The number of rotatable bonds is 1. The summed E-state index contributed by atoms with van der Waals surface area (Å²) in [6.07, 6.45) is 1.90. The van der Waals surface area contributed by atoms with E-state index in [0.717, 1.165) is 25.2 Å². The molecule has 3 nitrogen and oxygen atoms in total. The number of nitrogens with one attached hydrogen (secondary N) is 2. The van der Waals surface area contributed by atoms with E-state index in [1.54, 1.807) is 0 Å². The van der Waals surface area contributed by atoms with Crippen LogP contribution in [0, 0.1) is 0 Å². The Balaban J connectivity index is 2.08. The number of nitrogens with zero attached hydrogens (tertiary/aromatic N) is 1. The molecular weight excluding hydrogens is 198 g/mol. The van der Waals surface area contributed by atoms with Gasteiger partial charge in [-0.15, -0.1) is 0 Å². The standard InChI is InChI=1S/C13H15N3/c1-2-4-12-10(3-1)11(5-6-15-12)13-9-14-7-8-16-13/h1-6,13-14,16H,7-9H2. The van der Waals surface area contributed by atoms with Gasteiger partial charge in [0.05, 0.1) is 5.52 Å². The minimum atomic E-state index is 0.404. The Morgan fingerprint density at radius 2 is 2.06 bits per heavy atom. The van der Waals surface area contributed by atoms with Crippen LogP contribution in [0.1, 0.15) is 11.6 Å². The second kappa shape index (κ2) is 4.20. The van der Waals surface area contributed by atoms with Crippen molar-refractivity contribution in [1.82, 2.24) is 15.6 Å². The maximum Gasteiger partial charge on any atom is 0.0705 e. The smallest absolute Gasteiger partial charge is 0.0705 e. The van der Waals surface area contributed by atoms with Crippen LogP contribution in [-0.2, 0) is 0 Å². The summed E-state index contributed by atoms with van der Waals surface area (Å²) in [4.78, 5) is 4.39. The summed E-state index contributed by atoms with van der Waals surface area (Å²) in [6, 6.07) is 10.8. The number of pyridine rings is 1. The summed E-state index contributed by atoms with van der Waals surface area (Å²) in [6.45, 7) is 3.08. The zero-order chi connectivity index (χ0) is 10.8. The lowest BCUT2D eigenvalue weighted by molar-refractivity contribution is 0.432. The van der Waals surface area contributed by atoms with Gasteiger partial charge in [0.2, 0.25) is 0 Å². The van der Waals surface area contributed by atoms with Crippen molar-refractivity contribution in [3.8, 4) is 0 Å². The van der Waals surface area contributed by atoms with E-state index in [9.17, 15) is 0 Å². The summed E-state index contributed by atoms with van der Waals surface area (Å²) in [5.41, 5.74) is 2.42. The third-order valence-electron chi connectivity index (χ3n) is 3.10. The summed E-state index contributed by atoms with van der Waals surface area (Å²) >= 11 is 0. The van der Waals surface area contributed by atoms with Crippen LogP contribution in [-0.4, -0.2) is 24.6 Å². The highest BCUT2D eigenvalue weighted by Gasteiger charge is 2.16. The molecule has 0 radical (unpaired) electrons. The van der Waals surface area contributed by atoms with E-state index < -0.39 is 0 Å². The SMILES string of the molecule is c1ccc2c(C3CNCCN3)ccnc2c1. The molecule has 1 unspecified atom stereocenters. The van der Waals surface area contributed by atoms with Crippen LogP contribution < -0.4 is 10.6 Å². The Hall–Kier alpha value is -1.45. The molecular formula is C13H15N3. The van der Waals surface area contributed by atoms with E-state index in [0.29, 0.717) is 6.04 Å². The van der Waals surface area contributed by atoms with Crippen molar-refractivity contribution in [2.24, 2.45) is 0 Å². The van der Waals surface area contributed by atoms with E-state index in [2.05, 4.69) is 39.9 Å². The average Bonchev–Trinajstić information content (AvgIpc) is 2.39. The topological polar surface area (TPSA) is 37.0 Å². The summed E-state index contributed by atoms with van der Waals surface area (Å²) < 4.78 is 0. The summed E-state index contributed by atoms with van der Waals surface area (Å²) in [5.74, 6) is 0. The van der Waals surface area contributed by atoms with Crippen molar-refractivity contribution in [1.29, 1.82) is 0 Å². The molecule has 2 N–H and O–H groups in total. The fourth-order valence-electron chi connectivity index (χ4n) is 2.30. The largest absolute Gasteiger partial charge is 0.314 e. The van der Waals surface area contributed by atoms with E-state index in [1.807, 2.05) is 12.3 Å². The normalized spacial score (nSPS) is 21.1. The first kappa shape index (κ1) is 9.75. The van der Waals surface area contributed by atoms with Gasteiger partial charge in [0.15, 0.2) is 0 Å². The van der Waals surface area contributed by atoms with Gasteiger partial charge in [0.25, 0.3) is 0 Å². The van der Waals surface area contributed by atoms with Gasteiger partial charge in [-0.05, 0) is 17.7 Å². The lowest BCUT2D eigenvalue weighted by atomic mass is 10.0. The lowest BCUT2D eigenvalue weighted by Gasteiger charge is -2.25. The highest BCUT2D eigenvalue weighted by molar-refractivity contribution is 5.82. The molecule has 0 bridgehead atoms. The molecule has 1 aliphatic rings. The van der Waals surface area contributed by atoms with Crippen molar-refractivity contribution in [3.63, 3.8) is 0 Å². The van der Waals surface area contributed by atoms with Gasteiger partial charge in [-0.25, -0.2) is 0 Å². The number of hydrogen-bond donors (Lipinski definition) is 2. The Morgan fingerprint density at radius 3 is 2.94 bits per heavy atom. The van der Waals surface area contributed by atoms with Crippen LogP contribution in [0.25, 0.3) is 10.9 Å². The molecule has 1 aliphatic heterocycles. The van der Waals surface area contributed by atoms with Gasteiger partial charge in [-0.1, -0.05) is 18.2 Å². The van der Waals surface area contributed by atoms with Crippen LogP contribution >= 0.6 is 0 Å². The lowest BCUT2D eigenvalue weighted by Crippen LogP contribution is -2.42. The molecule has 0 saturated carbocycles. The van der Waals surface area contributed by atoms with E-state index >= 15 is 0 Å². The Bertz CT molecular complexity index is 484. The molecule has 2 heterocycles. The predicted octanol–water partition coefficient (Wildman–Crippen LogP) is 1.47. The first-order valence-electron chi connectivity index (χ1n) is 5.73. The number of hydrogen-bond acceptors (Lipinski definition) is 3. The van der Waals surface area contributed by atoms with Crippen LogP contribution in [0.15, 0.2) is 36.5 Å². The van der Waals surface area contributed by atoms with E-state index in [1.165, 1.54) is 10.9 Å². The maximum atomic E-state index is 4.39. The third kappa shape index (κ3) is 1.68. The zero-order valence-electron chi connectivity index (χ0n) is 9.11. The number of fused-ring (bicyclic) bond motifs is 1. The van der Waals surface area contributed by atoms with Crippen LogP contribution in [0.3, 0.4) is 0 Å². The minimum Gasteiger partial charge on any atom is -0.314 e. The molecule has 1 fully saturated rings. The highest BCUT2D eigenvalue weighted by atomic mass is 15.1. The molecule has 1 aromatic carbocycles. The quantitative estimate of drug-likeness (QED) is 0.753. The molecule has 3 heteroatoms. The Morgan fingerprint density at radius 1 is 1.12 bits per heavy atom. The number of piperazine rings is 1. The van der Waals surface area contributed by atoms with Crippen LogP contribution in [0.4, 0.5) is 0 Å². The van der Waals surface area contributed by atoms with Gasteiger partial charge in [-0.3, -0.25) is 4.98 Å². The van der Waals surface area contributed by atoms with Gasteiger partial charge in [-0.2, -0.15) is 0 Å². The summed E-state index contributed by atoms with van der Waals surface area (Å²) in [5, 5.41) is 8.21. The molecule has 2 aromatic rings. The zero-order valence-corrected chi connectivity index (χ0v) is 9.11. The minimum absolute atomic E-state index is 0.404. The molecule has 0 amide bonds. The first-order chi connectivity index (χ1) is 7.95. The number of para-hydroxylation sites is 1. The fraction of sp³-hybridized carbons (Fsp3) is 0.308. The first-order valence-corrected chi connectivity index (χ1v) is 5.73. The second-order valence-corrected chi connectivity index (χ2v) is 4.13. The predicted molar refractivity (Wildman–Crippen MR) is 65.4 cm³/mol. The van der Waals surface area contributed by atoms with Crippen molar-refractivity contribution in [3.05, 3.63) is 42.1 Å². The van der Waals surface area contributed by atoms with Crippen LogP contribution in [0.5, 0.6) is 0 Å².